The summed E-state index contributed by atoms with van der Waals surface area (Å²) in [4.78, 5) is 34.6. The van der Waals surface area contributed by atoms with E-state index in [0.717, 1.165) is 12.8 Å². The molecule has 5 unspecified atom stereocenters. The third kappa shape index (κ3) is 6.34. The van der Waals surface area contributed by atoms with E-state index in [9.17, 15) is 14.4 Å². The standard InChI is InChI=1S/C17H29NO5S/c1-6-7-8-15(21)18-16-11(3)10(2)14(9-22-12(4)19)24-17(16)23-13(5)20/h10-11,14,16-17H,6-9H2,1-5H3,(H,18,21). The van der Waals surface area contributed by atoms with E-state index in [4.69, 9.17) is 9.47 Å². The molecule has 138 valence electrons. The van der Waals surface area contributed by atoms with Crippen molar-refractivity contribution < 1.29 is 23.9 Å². The van der Waals surface area contributed by atoms with Crippen molar-refractivity contribution in [3.8, 4) is 0 Å². The van der Waals surface area contributed by atoms with Crippen LogP contribution in [0.25, 0.3) is 0 Å². The van der Waals surface area contributed by atoms with E-state index >= 15 is 0 Å². The van der Waals surface area contributed by atoms with Crippen LogP contribution in [0, 0.1) is 11.8 Å². The molecule has 7 heteroatoms. The van der Waals surface area contributed by atoms with Gasteiger partial charge in [0.1, 0.15) is 6.61 Å². The summed E-state index contributed by atoms with van der Waals surface area (Å²) in [5.74, 6) is -0.417. The van der Waals surface area contributed by atoms with Crippen LogP contribution in [0.5, 0.6) is 0 Å². The second-order valence-corrected chi connectivity index (χ2v) is 7.71. The highest BCUT2D eigenvalue weighted by Crippen LogP contribution is 2.40. The van der Waals surface area contributed by atoms with Crippen molar-refractivity contribution in [3.05, 3.63) is 0 Å². The smallest absolute Gasteiger partial charge is 0.303 e. The fourth-order valence-corrected chi connectivity index (χ4v) is 4.41. The lowest BCUT2D eigenvalue weighted by molar-refractivity contribution is -0.146. The van der Waals surface area contributed by atoms with Gasteiger partial charge in [0.2, 0.25) is 5.91 Å². The molecule has 1 rings (SSSR count). The molecule has 1 saturated heterocycles. The first-order valence-corrected chi connectivity index (χ1v) is 9.45. The molecular formula is C17H29NO5S. The van der Waals surface area contributed by atoms with Crippen LogP contribution >= 0.6 is 11.8 Å². The van der Waals surface area contributed by atoms with E-state index in [1.165, 1.54) is 25.6 Å². The fourth-order valence-electron chi connectivity index (χ4n) is 2.74. The van der Waals surface area contributed by atoms with E-state index in [0.29, 0.717) is 6.42 Å². The molecular weight excluding hydrogens is 330 g/mol. The van der Waals surface area contributed by atoms with Crippen molar-refractivity contribution in [1.29, 1.82) is 0 Å². The van der Waals surface area contributed by atoms with Crippen molar-refractivity contribution in [2.24, 2.45) is 11.8 Å². The van der Waals surface area contributed by atoms with Gasteiger partial charge in [-0.2, -0.15) is 0 Å². The molecule has 0 aliphatic carbocycles. The van der Waals surface area contributed by atoms with Gasteiger partial charge >= 0.3 is 11.9 Å². The Morgan fingerprint density at radius 1 is 1.08 bits per heavy atom. The normalized spacial score (nSPS) is 29.6. The van der Waals surface area contributed by atoms with Gasteiger partial charge in [-0.1, -0.05) is 27.2 Å². The highest BCUT2D eigenvalue weighted by molar-refractivity contribution is 8.00. The molecule has 6 nitrogen and oxygen atoms in total. The monoisotopic (exact) mass is 359 g/mol. The maximum atomic E-state index is 12.1. The van der Waals surface area contributed by atoms with Crippen LogP contribution < -0.4 is 5.32 Å². The number of amides is 1. The van der Waals surface area contributed by atoms with Crippen molar-refractivity contribution >= 4 is 29.6 Å². The van der Waals surface area contributed by atoms with Gasteiger partial charge in [0.25, 0.3) is 0 Å². The van der Waals surface area contributed by atoms with Crippen LogP contribution in [0.1, 0.15) is 53.9 Å². The average molecular weight is 359 g/mol. The number of ether oxygens (including phenoxy) is 2. The molecule has 1 N–H and O–H groups in total. The molecule has 24 heavy (non-hydrogen) atoms. The molecule has 5 atom stereocenters. The van der Waals surface area contributed by atoms with E-state index in [1.807, 2.05) is 13.8 Å². The zero-order valence-electron chi connectivity index (χ0n) is 15.2. The number of unbranched alkanes of at least 4 members (excludes halogenated alkanes) is 1. The van der Waals surface area contributed by atoms with Crippen molar-refractivity contribution in [2.75, 3.05) is 6.61 Å². The summed E-state index contributed by atoms with van der Waals surface area (Å²) in [5.41, 5.74) is -0.472. The third-order valence-electron chi connectivity index (χ3n) is 4.40. The van der Waals surface area contributed by atoms with Gasteiger partial charge in [0.05, 0.1) is 6.04 Å². The molecule has 0 bridgehead atoms. The first kappa shape index (κ1) is 20.8. The fraction of sp³-hybridized carbons (Fsp3) is 0.824. The van der Waals surface area contributed by atoms with Crippen molar-refractivity contribution in [1.82, 2.24) is 5.32 Å². The molecule has 0 aromatic rings. The molecule has 0 saturated carbocycles. The largest absolute Gasteiger partial charge is 0.465 e. The predicted molar refractivity (Wildman–Crippen MR) is 93.3 cm³/mol. The molecule has 0 radical (unpaired) electrons. The second-order valence-electron chi connectivity index (χ2n) is 6.37. The Labute approximate surface area is 148 Å². The van der Waals surface area contributed by atoms with E-state index < -0.39 is 5.44 Å². The first-order chi connectivity index (χ1) is 11.3. The van der Waals surface area contributed by atoms with Gasteiger partial charge in [0.15, 0.2) is 5.44 Å². The lowest BCUT2D eigenvalue weighted by Crippen LogP contribution is -2.55. The Morgan fingerprint density at radius 3 is 2.29 bits per heavy atom. The lowest BCUT2D eigenvalue weighted by atomic mass is 9.85. The number of esters is 2. The molecule has 0 aromatic carbocycles. The van der Waals surface area contributed by atoms with Gasteiger partial charge in [-0.15, -0.1) is 11.8 Å². The zero-order valence-corrected chi connectivity index (χ0v) is 16.0. The lowest BCUT2D eigenvalue weighted by Gasteiger charge is -2.43. The Hall–Kier alpha value is -1.24. The van der Waals surface area contributed by atoms with Crippen LogP contribution in [-0.2, 0) is 23.9 Å². The quantitative estimate of drug-likeness (QED) is 0.703. The highest BCUT2D eigenvalue weighted by atomic mass is 32.2. The topological polar surface area (TPSA) is 81.7 Å². The molecule has 1 amide bonds. The molecule has 0 spiro atoms. The summed E-state index contributed by atoms with van der Waals surface area (Å²) < 4.78 is 10.6. The minimum atomic E-state index is -0.472. The number of nitrogens with one attached hydrogen (secondary N) is 1. The summed E-state index contributed by atoms with van der Waals surface area (Å²) >= 11 is 1.45. The van der Waals surface area contributed by atoms with E-state index in [-0.39, 0.29) is 47.6 Å². The number of hydrogen-bond donors (Lipinski definition) is 1. The molecule has 0 aromatic heterocycles. The van der Waals surface area contributed by atoms with Crippen LogP contribution in [-0.4, -0.2) is 41.2 Å². The number of carbonyl (C=O) groups excluding carboxylic acids is 3. The minimum absolute atomic E-state index is 0.0166. The number of hydrogen-bond acceptors (Lipinski definition) is 6. The summed E-state index contributed by atoms with van der Waals surface area (Å²) in [5, 5.41) is 3.06. The van der Waals surface area contributed by atoms with E-state index in [2.05, 4.69) is 12.2 Å². The SMILES string of the molecule is CCCCC(=O)NC1C(OC(C)=O)SC(COC(C)=O)C(C)C1C. The molecule has 1 fully saturated rings. The van der Waals surface area contributed by atoms with Crippen molar-refractivity contribution in [3.63, 3.8) is 0 Å². The summed E-state index contributed by atoms with van der Waals surface area (Å²) in [6, 6.07) is -0.244. The summed E-state index contributed by atoms with van der Waals surface area (Å²) in [6.07, 6.45) is 2.27. The third-order valence-corrected chi connectivity index (χ3v) is 5.98. The maximum absolute atomic E-state index is 12.1. The van der Waals surface area contributed by atoms with Crippen molar-refractivity contribution in [2.45, 2.75) is 70.6 Å². The average Bonchev–Trinajstić information content (AvgIpc) is 2.50. The van der Waals surface area contributed by atoms with Gasteiger partial charge < -0.3 is 14.8 Å². The predicted octanol–water partition coefficient (Wildman–Crippen LogP) is 2.50. The Bertz CT molecular complexity index is 456. The number of carbonyl (C=O) groups is 3. The Balaban J connectivity index is 2.81. The summed E-state index contributed by atoms with van der Waals surface area (Å²) in [6.45, 7) is 9.16. The van der Waals surface area contributed by atoms with Crippen LogP contribution in [0.15, 0.2) is 0 Å². The Morgan fingerprint density at radius 2 is 1.75 bits per heavy atom. The van der Waals surface area contributed by atoms with Gasteiger partial charge in [-0.05, 0) is 18.3 Å². The molecule has 1 aliphatic rings. The van der Waals surface area contributed by atoms with Crippen LogP contribution in [0.4, 0.5) is 0 Å². The molecule has 1 heterocycles. The first-order valence-electron chi connectivity index (χ1n) is 8.51. The van der Waals surface area contributed by atoms with Gasteiger partial charge in [-0.25, -0.2) is 0 Å². The minimum Gasteiger partial charge on any atom is -0.465 e. The number of thioether (sulfide) groups is 1. The summed E-state index contributed by atoms with van der Waals surface area (Å²) in [7, 11) is 0. The maximum Gasteiger partial charge on any atom is 0.303 e. The van der Waals surface area contributed by atoms with Gasteiger partial charge in [0, 0.05) is 25.5 Å². The van der Waals surface area contributed by atoms with Gasteiger partial charge in [-0.3, -0.25) is 14.4 Å². The molecule has 1 aliphatic heterocycles. The van der Waals surface area contributed by atoms with Crippen LogP contribution in [0.2, 0.25) is 0 Å². The Kier molecular flexibility index (Phi) is 8.59. The number of rotatable bonds is 7. The highest BCUT2D eigenvalue weighted by Gasteiger charge is 2.43. The second kappa shape index (κ2) is 9.91. The van der Waals surface area contributed by atoms with E-state index in [1.54, 1.807) is 0 Å². The van der Waals surface area contributed by atoms with Crippen LogP contribution in [0.3, 0.4) is 0 Å². The zero-order chi connectivity index (χ0) is 18.3.